The number of nitrogens with zero attached hydrogens (tertiary/aromatic N) is 1. The van der Waals surface area contributed by atoms with Crippen LogP contribution in [0.25, 0.3) is 0 Å². The van der Waals surface area contributed by atoms with Crippen LogP contribution in [-0.2, 0) is 9.53 Å². The molecule has 3 unspecified atom stereocenters. The van der Waals surface area contributed by atoms with Crippen molar-refractivity contribution in [3.05, 3.63) is 0 Å². The molecule has 0 aromatic heterocycles. The summed E-state index contributed by atoms with van der Waals surface area (Å²) < 4.78 is 5.41. The van der Waals surface area contributed by atoms with Gasteiger partial charge in [-0.15, -0.1) is 0 Å². The Balaban J connectivity index is 2.30. The van der Waals surface area contributed by atoms with Gasteiger partial charge in [0, 0.05) is 20.2 Å². The van der Waals surface area contributed by atoms with E-state index < -0.39 is 11.9 Å². The summed E-state index contributed by atoms with van der Waals surface area (Å²) in [5, 5.41) is 11.5. The van der Waals surface area contributed by atoms with Gasteiger partial charge < -0.3 is 20.1 Å². The van der Waals surface area contributed by atoms with Gasteiger partial charge in [0.2, 0.25) is 0 Å². The Labute approximate surface area is 107 Å². The summed E-state index contributed by atoms with van der Waals surface area (Å²) in [5.41, 5.74) is 0. The van der Waals surface area contributed by atoms with Crippen LogP contribution in [-0.4, -0.2) is 54.4 Å². The summed E-state index contributed by atoms with van der Waals surface area (Å²) in [5.74, 6) is -1.28. The van der Waals surface area contributed by atoms with Gasteiger partial charge in [-0.25, -0.2) is 4.79 Å². The smallest absolute Gasteiger partial charge is 0.317 e. The molecule has 2 amide bonds. The number of aliphatic carboxylic acids is 1. The lowest BCUT2D eigenvalue weighted by Gasteiger charge is -2.27. The molecule has 6 nitrogen and oxygen atoms in total. The van der Waals surface area contributed by atoms with E-state index in [1.54, 1.807) is 18.9 Å². The molecule has 18 heavy (non-hydrogen) atoms. The van der Waals surface area contributed by atoms with Crippen molar-refractivity contribution in [3.8, 4) is 0 Å². The molecule has 3 atom stereocenters. The van der Waals surface area contributed by atoms with Gasteiger partial charge in [-0.2, -0.15) is 0 Å². The van der Waals surface area contributed by atoms with Crippen molar-refractivity contribution >= 4 is 12.0 Å². The summed E-state index contributed by atoms with van der Waals surface area (Å²) in [4.78, 5) is 24.1. The molecule has 0 aromatic carbocycles. The number of carboxylic acid groups (broad SMARTS) is 1. The van der Waals surface area contributed by atoms with Crippen molar-refractivity contribution < 1.29 is 19.4 Å². The maximum absolute atomic E-state index is 11.8. The highest BCUT2D eigenvalue weighted by Crippen LogP contribution is 2.18. The topological polar surface area (TPSA) is 78.9 Å². The molecule has 1 aliphatic heterocycles. The number of carbonyl (C=O) groups is 2. The van der Waals surface area contributed by atoms with Crippen LogP contribution in [0.3, 0.4) is 0 Å². The molecular weight excluding hydrogens is 236 g/mol. The highest BCUT2D eigenvalue weighted by Gasteiger charge is 2.30. The second-order valence-corrected chi connectivity index (χ2v) is 4.80. The highest BCUT2D eigenvalue weighted by atomic mass is 16.5. The second-order valence-electron chi connectivity index (χ2n) is 4.80. The van der Waals surface area contributed by atoms with Crippen LogP contribution in [0.1, 0.15) is 26.7 Å². The molecule has 0 aliphatic carbocycles. The van der Waals surface area contributed by atoms with E-state index in [-0.39, 0.29) is 18.2 Å². The lowest BCUT2D eigenvalue weighted by Crippen LogP contribution is -2.46. The molecule has 0 saturated carbocycles. The first kappa shape index (κ1) is 14.8. The highest BCUT2D eigenvalue weighted by molar-refractivity contribution is 5.74. The van der Waals surface area contributed by atoms with Gasteiger partial charge in [0.05, 0.1) is 18.1 Å². The largest absolute Gasteiger partial charge is 0.481 e. The van der Waals surface area contributed by atoms with Crippen molar-refractivity contribution in [1.82, 2.24) is 10.2 Å². The van der Waals surface area contributed by atoms with Gasteiger partial charge in [0.1, 0.15) is 0 Å². The number of hydrogen-bond acceptors (Lipinski definition) is 3. The molecule has 1 saturated heterocycles. The normalized spacial score (nSPS) is 24.6. The molecule has 1 aliphatic rings. The number of urea groups is 1. The lowest BCUT2D eigenvalue weighted by molar-refractivity contribution is -0.141. The average molecular weight is 258 g/mol. The summed E-state index contributed by atoms with van der Waals surface area (Å²) in [6, 6.07) is -0.0724. The molecule has 1 fully saturated rings. The van der Waals surface area contributed by atoms with E-state index in [1.807, 2.05) is 6.92 Å². The van der Waals surface area contributed by atoms with Crippen molar-refractivity contribution in [2.24, 2.45) is 5.92 Å². The van der Waals surface area contributed by atoms with Crippen molar-refractivity contribution in [1.29, 1.82) is 0 Å². The summed E-state index contributed by atoms with van der Waals surface area (Å²) in [7, 11) is 1.74. The summed E-state index contributed by atoms with van der Waals surface area (Å²) in [6.07, 6.45) is 1.33. The van der Waals surface area contributed by atoms with Crippen LogP contribution in [0.2, 0.25) is 0 Å². The van der Waals surface area contributed by atoms with E-state index in [1.165, 1.54) is 0 Å². The van der Waals surface area contributed by atoms with E-state index >= 15 is 0 Å². The Morgan fingerprint density at radius 3 is 2.72 bits per heavy atom. The monoisotopic (exact) mass is 258 g/mol. The third-order valence-electron chi connectivity index (χ3n) is 3.43. The minimum Gasteiger partial charge on any atom is -0.481 e. The second kappa shape index (κ2) is 6.58. The number of likely N-dealkylation sites (N-methyl/N-ethyl adjacent to an activating group) is 1. The first-order valence-electron chi connectivity index (χ1n) is 6.28. The Morgan fingerprint density at radius 1 is 1.56 bits per heavy atom. The van der Waals surface area contributed by atoms with Gasteiger partial charge in [-0.1, -0.05) is 6.92 Å². The number of rotatable bonds is 5. The summed E-state index contributed by atoms with van der Waals surface area (Å²) in [6.45, 7) is 4.64. The fraction of sp³-hybridized carbons (Fsp3) is 0.833. The third-order valence-corrected chi connectivity index (χ3v) is 3.43. The van der Waals surface area contributed by atoms with Crippen molar-refractivity contribution in [2.75, 3.05) is 20.2 Å². The third kappa shape index (κ3) is 3.87. The first-order valence-corrected chi connectivity index (χ1v) is 6.28. The number of amides is 2. The molecule has 0 radical (unpaired) electrons. The van der Waals surface area contributed by atoms with Crippen LogP contribution >= 0.6 is 0 Å². The zero-order valence-corrected chi connectivity index (χ0v) is 11.2. The molecule has 0 spiro atoms. The van der Waals surface area contributed by atoms with Crippen molar-refractivity contribution in [2.45, 2.75) is 38.8 Å². The number of carbonyl (C=O) groups excluding carboxylic acids is 1. The first-order chi connectivity index (χ1) is 8.43. The Hall–Kier alpha value is -1.30. The standard InChI is InChI=1S/C12H22N2O4/c1-8(11(15)16)4-6-13-12(17)14(3)10-5-7-18-9(10)2/h8-10H,4-7H2,1-3H3,(H,13,17)(H,15,16). The van der Waals surface area contributed by atoms with Gasteiger partial charge in [-0.05, 0) is 19.8 Å². The number of hydrogen-bond donors (Lipinski definition) is 2. The predicted octanol–water partition coefficient (Wildman–Crippen LogP) is 0.916. The molecule has 0 bridgehead atoms. The molecule has 104 valence electrons. The SMILES string of the molecule is CC(CCNC(=O)N(C)C1CCOC1C)C(=O)O. The van der Waals surface area contributed by atoms with E-state index in [0.717, 1.165) is 6.42 Å². The fourth-order valence-corrected chi connectivity index (χ4v) is 2.02. The van der Waals surface area contributed by atoms with Gasteiger partial charge in [0.25, 0.3) is 0 Å². The molecule has 1 rings (SSSR count). The minimum atomic E-state index is -0.838. The quantitative estimate of drug-likeness (QED) is 0.768. The van der Waals surface area contributed by atoms with E-state index in [2.05, 4.69) is 5.32 Å². The Kier molecular flexibility index (Phi) is 5.40. The van der Waals surface area contributed by atoms with E-state index in [0.29, 0.717) is 19.6 Å². The lowest BCUT2D eigenvalue weighted by atomic mass is 10.1. The van der Waals surface area contributed by atoms with Crippen molar-refractivity contribution in [3.63, 3.8) is 0 Å². The summed E-state index contributed by atoms with van der Waals surface area (Å²) >= 11 is 0. The number of ether oxygens (including phenoxy) is 1. The van der Waals surface area contributed by atoms with Crippen LogP contribution in [0, 0.1) is 5.92 Å². The van der Waals surface area contributed by atoms with Gasteiger partial charge >= 0.3 is 12.0 Å². The fourth-order valence-electron chi connectivity index (χ4n) is 2.02. The number of nitrogens with one attached hydrogen (secondary N) is 1. The Morgan fingerprint density at radius 2 is 2.22 bits per heavy atom. The van der Waals surface area contributed by atoms with Gasteiger partial charge in [0.15, 0.2) is 0 Å². The molecule has 6 heteroatoms. The minimum absolute atomic E-state index is 0.0543. The number of carboxylic acids is 1. The predicted molar refractivity (Wildman–Crippen MR) is 66.4 cm³/mol. The average Bonchev–Trinajstić information content (AvgIpc) is 2.73. The van der Waals surface area contributed by atoms with Crippen LogP contribution in [0.4, 0.5) is 4.79 Å². The maximum atomic E-state index is 11.8. The van der Waals surface area contributed by atoms with E-state index in [9.17, 15) is 9.59 Å². The molecule has 2 N–H and O–H groups in total. The van der Waals surface area contributed by atoms with Crippen LogP contribution in [0.15, 0.2) is 0 Å². The zero-order valence-electron chi connectivity index (χ0n) is 11.2. The van der Waals surface area contributed by atoms with Crippen LogP contribution in [0.5, 0.6) is 0 Å². The Bertz CT molecular complexity index is 308. The zero-order chi connectivity index (χ0) is 13.7. The molecular formula is C12H22N2O4. The molecule has 1 heterocycles. The van der Waals surface area contributed by atoms with Crippen LogP contribution < -0.4 is 5.32 Å². The molecule has 0 aromatic rings. The maximum Gasteiger partial charge on any atom is 0.317 e. The van der Waals surface area contributed by atoms with E-state index in [4.69, 9.17) is 9.84 Å². The van der Waals surface area contributed by atoms with Gasteiger partial charge in [-0.3, -0.25) is 4.79 Å².